The first-order valence-corrected chi connectivity index (χ1v) is 15.0. The highest BCUT2D eigenvalue weighted by Gasteiger charge is 2.79. The molecule has 8 heteroatoms. The number of aliphatic hydroxyl groups is 1. The van der Waals surface area contributed by atoms with Crippen molar-refractivity contribution in [3.63, 3.8) is 0 Å². The van der Waals surface area contributed by atoms with Crippen molar-refractivity contribution in [3.8, 4) is 0 Å². The zero-order chi connectivity index (χ0) is 30.1. The lowest BCUT2D eigenvalue weighted by Gasteiger charge is -2.41. The lowest BCUT2D eigenvalue weighted by Crippen LogP contribution is -2.60. The maximum Gasteiger partial charge on any atom is 0.312 e. The SMILES string of the molecule is C=CCCOC(=O)[C@@H]1[C@H]2C(=O)N([C@@H](CO)[C@@H](C)CC)C(C(=O)N(CC=C)c3cc(C)ccc3C)C23CC[C@@]1(CC)O3. The molecule has 1 aromatic rings. The topological polar surface area (TPSA) is 96.4 Å². The summed E-state index contributed by atoms with van der Waals surface area (Å²) >= 11 is 0. The van der Waals surface area contributed by atoms with Gasteiger partial charge in [-0.3, -0.25) is 14.4 Å². The number of hydrogen-bond acceptors (Lipinski definition) is 6. The van der Waals surface area contributed by atoms with Gasteiger partial charge in [-0.2, -0.15) is 0 Å². The van der Waals surface area contributed by atoms with E-state index in [-0.39, 0.29) is 37.5 Å². The Hall–Kier alpha value is -2.97. The molecule has 7 atom stereocenters. The van der Waals surface area contributed by atoms with Crippen LogP contribution in [0.5, 0.6) is 0 Å². The van der Waals surface area contributed by atoms with Crippen LogP contribution in [0.1, 0.15) is 64.0 Å². The molecule has 3 fully saturated rings. The molecule has 3 aliphatic rings. The van der Waals surface area contributed by atoms with Crippen molar-refractivity contribution in [3.05, 3.63) is 54.6 Å². The van der Waals surface area contributed by atoms with Gasteiger partial charge in [-0.15, -0.1) is 13.2 Å². The molecule has 0 radical (unpaired) electrons. The first kappa shape index (κ1) is 31.0. The highest BCUT2D eigenvalue weighted by molar-refractivity contribution is 6.05. The Labute approximate surface area is 244 Å². The summed E-state index contributed by atoms with van der Waals surface area (Å²) in [6.45, 7) is 17.6. The number of likely N-dealkylation sites (tertiary alicyclic amines) is 1. The average Bonchev–Trinajstić information content (AvgIpc) is 3.57. The summed E-state index contributed by atoms with van der Waals surface area (Å²) in [5.41, 5.74) is 0.570. The summed E-state index contributed by atoms with van der Waals surface area (Å²) in [6, 6.07) is 4.32. The molecule has 2 amide bonds. The van der Waals surface area contributed by atoms with E-state index in [0.717, 1.165) is 16.8 Å². The maximum atomic E-state index is 14.9. The molecule has 8 nitrogen and oxygen atoms in total. The number of nitrogens with zero attached hydrogens (tertiary/aromatic N) is 2. The van der Waals surface area contributed by atoms with Crippen LogP contribution < -0.4 is 4.90 Å². The molecule has 0 aliphatic carbocycles. The van der Waals surface area contributed by atoms with Crippen LogP contribution >= 0.6 is 0 Å². The fraction of sp³-hybridized carbons (Fsp3) is 0.606. The Bertz CT molecular complexity index is 1200. The number of carbonyl (C=O) groups is 3. The van der Waals surface area contributed by atoms with Crippen LogP contribution in [0, 0.1) is 31.6 Å². The van der Waals surface area contributed by atoms with Crippen LogP contribution in [0.2, 0.25) is 0 Å². The van der Waals surface area contributed by atoms with E-state index < -0.39 is 41.1 Å². The van der Waals surface area contributed by atoms with Gasteiger partial charge in [-0.25, -0.2) is 0 Å². The number of benzene rings is 1. The Morgan fingerprint density at radius 3 is 2.59 bits per heavy atom. The fourth-order valence-electron chi connectivity index (χ4n) is 7.39. The second kappa shape index (κ2) is 12.1. The summed E-state index contributed by atoms with van der Waals surface area (Å²) < 4.78 is 12.5. The van der Waals surface area contributed by atoms with Crippen LogP contribution in [-0.4, -0.2) is 70.8 Å². The quantitative estimate of drug-likeness (QED) is 0.215. The average molecular weight is 567 g/mol. The summed E-state index contributed by atoms with van der Waals surface area (Å²) in [5.74, 6) is -2.86. The molecular weight excluding hydrogens is 520 g/mol. The predicted molar refractivity (Wildman–Crippen MR) is 158 cm³/mol. The molecule has 1 aromatic carbocycles. The molecule has 3 heterocycles. The summed E-state index contributed by atoms with van der Waals surface area (Å²) in [4.78, 5) is 46.3. The number of fused-ring (bicyclic) bond motifs is 1. The third-order valence-electron chi connectivity index (χ3n) is 9.75. The van der Waals surface area contributed by atoms with E-state index in [4.69, 9.17) is 9.47 Å². The van der Waals surface area contributed by atoms with Gasteiger partial charge in [0.25, 0.3) is 5.91 Å². The normalized spacial score (nSPS) is 29.7. The largest absolute Gasteiger partial charge is 0.465 e. The number of rotatable bonds is 13. The molecule has 2 unspecified atom stereocenters. The van der Waals surface area contributed by atoms with E-state index in [0.29, 0.717) is 32.1 Å². The van der Waals surface area contributed by atoms with Gasteiger partial charge >= 0.3 is 5.97 Å². The van der Waals surface area contributed by atoms with Gasteiger partial charge in [0.05, 0.1) is 30.8 Å². The monoisotopic (exact) mass is 566 g/mol. The van der Waals surface area contributed by atoms with Crippen LogP contribution in [-0.2, 0) is 23.9 Å². The van der Waals surface area contributed by atoms with E-state index in [2.05, 4.69) is 13.2 Å². The molecule has 41 heavy (non-hydrogen) atoms. The van der Waals surface area contributed by atoms with Gasteiger partial charge in [0.1, 0.15) is 17.6 Å². The molecule has 3 saturated heterocycles. The Kier molecular flexibility index (Phi) is 9.14. The highest BCUT2D eigenvalue weighted by Crippen LogP contribution is 2.65. The van der Waals surface area contributed by atoms with Crippen molar-refractivity contribution in [1.82, 2.24) is 4.90 Å². The molecule has 0 aromatic heterocycles. The zero-order valence-electron chi connectivity index (χ0n) is 25.2. The van der Waals surface area contributed by atoms with E-state index in [9.17, 15) is 19.5 Å². The van der Waals surface area contributed by atoms with Crippen molar-refractivity contribution in [1.29, 1.82) is 0 Å². The number of anilines is 1. The summed E-state index contributed by atoms with van der Waals surface area (Å²) in [7, 11) is 0. The lowest BCUT2D eigenvalue weighted by atomic mass is 9.65. The third kappa shape index (κ3) is 4.93. The van der Waals surface area contributed by atoms with E-state index in [1.54, 1.807) is 22.0 Å². The Morgan fingerprint density at radius 2 is 1.98 bits per heavy atom. The molecule has 1 N–H and O–H groups in total. The van der Waals surface area contributed by atoms with Crippen molar-refractivity contribution >= 4 is 23.5 Å². The minimum absolute atomic E-state index is 0.0848. The van der Waals surface area contributed by atoms with Gasteiger partial charge in [0.2, 0.25) is 5.91 Å². The lowest BCUT2D eigenvalue weighted by molar-refractivity contribution is -0.162. The molecule has 2 bridgehead atoms. The number of carbonyl (C=O) groups excluding carboxylic acids is 3. The minimum Gasteiger partial charge on any atom is -0.465 e. The van der Waals surface area contributed by atoms with Gasteiger partial charge in [0, 0.05) is 12.2 Å². The van der Waals surface area contributed by atoms with Crippen LogP contribution in [0.15, 0.2) is 43.5 Å². The Balaban J connectivity index is 1.88. The van der Waals surface area contributed by atoms with Crippen molar-refractivity contribution in [2.24, 2.45) is 17.8 Å². The van der Waals surface area contributed by atoms with Crippen LogP contribution in [0.3, 0.4) is 0 Å². The van der Waals surface area contributed by atoms with E-state index in [1.165, 1.54) is 0 Å². The fourth-order valence-corrected chi connectivity index (χ4v) is 7.39. The van der Waals surface area contributed by atoms with Crippen LogP contribution in [0.25, 0.3) is 0 Å². The number of esters is 1. The molecule has 224 valence electrons. The highest BCUT2D eigenvalue weighted by atomic mass is 16.6. The van der Waals surface area contributed by atoms with E-state index >= 15 is 0 Å². The molecule has 1 spiro atoms. The first-order valence-electron chi connectivity index (χ1n) is 15.0. The maximum absolute atomic E-state index is 14.9. The van der Waals surface area contributed by atoms with Gasteiger partial charge in [-0.1, -0.05) is 51.5 Å². The van der Waals surface area contributed by atoms with E-state index in [1.807, 2.05) is 52.8 Å². The second-order valence-electron chi connectivity index (χ2n) is 12.0. The van der Waals surface area contributed by atoms with Gasteiger partial charge < -0.3 is 24.4 Å². The van der Waals surface area contributed by atoms with Crippen LogP contribution in [0.4, 0.5) is 5.69 Å². The van der Waals surface area contributed by atoms with Crippen molar-refractivity contribution in [2.45, 2.75) is 90.0 Å². The third-order valence-corrected chi connectivity index (χ3v) is 9.75. The van der Waals surface area contributed by atoms with Gasteiger partial charge in [-0.05, 0) is 62.6 Å². The van der Waals surface area contributed by atoms with Crippen molar-refractivity contribution in [2.75, 3.05) is 24.7 Å². The number of aryl methyl sites for hydroxylation is 2. The van der Waals surface area contributed by atoms with Crippen molar-refractivity contribution < 1.29 is 29.0 Å². The molecule has 3 aliphatic heterocycles. The number of ether oxygens (including phenoxy) is 2. The smallest absolute Gasteiger partial charge is 0.312 e. The zero-order valence-corrected chi connectivity index (χ0v) is 25.2. The number of hydrogen-bond donors (Lipinski definition) is 1. The number of amides is 2. The molecular formula is C33H46N2O6. The standard InChI is InChI=1S/C33H46N2O6/c1-8-12-18-40-31(39)27-26-29(37)35(25(20-36)22(6)10-3)28(33(26)16-15-32(27,11-4)41-33)30(38)34(17-9-2)24-19-21(5)13-14-23(24)7/h8-9,13-14,19,22,25-28,36H,1-2,10-12,15-18,20H2,3-7H3/t22-,25-,26-,27-,28?,32+,33?/m0/s1. The predicted octanol–water partition coefficient (Wildman–Crippen LogP) is 4.50. The first-order chi connectivity index (χ1) is 19.6. The molecule has 4 rings (SSSR count). The Morgan fingerprint density at radius 1 is 1.24 bits per heavy atom. The molecule has 0 saturated carbocycles. The second-order valence-corrected chi connectivity index (χ2v) is 12.0. The minimum atomic E-state index is -1.20. The summed E-state index contributed by atoms with van der Waals surface area (Å²) in [6.07, 6.45) is 6.09. The summed E-state index contributed by atoms with van der Waals surface area (Å²) in [5, 5.41) is 10.6. The van der Waals surface area contributed by atoms with Gasteiger partial charge in [0.15, 0.2) is 0 Å². The number of aliphatic hydroxyl groups excluding tert-OH is 1.